The summed E-state index contributed by atoms with van der Waals surface area (Å²) >= 11 is 19.1. The summed E-state index contributed by atoms with van der Waals surface area (Å²) in [5.74, 6) is -1.87. The lowest BCUT2D eigenvalue weighted by atomic mass is 10.1. The van der Waals surface area contributed by atoms with E-state index in [0.29, 0.717) is 46.0 Å². The molecular weight excluding hydrogens is 385 g/mol. The SMILES string of the molecule is O=C1N(Cc2ccccc2Cl)c2c(Cl)ccc(Cl)c2C12OCCCO2. The van der Waals surface area contributed by atoms with Crippen LogP contribution in [0.1, 0.15) is 17.5 Å². The quantitative estimate of drug-likeness (QED) is 0.730. The van der Waals surface area contributed by atoms with Gasteiger partial charge in [-0.3, -0.25) is 4.79 Å². The van der Waals surface area contributed by atoms with E-state index in [1.807, 2.05) is 18.2 Å². The highest BCUT2D eigenvalue weighted by molar-refractivity contribution is 6.38. The second-order valence-electron chi connectivity index (χ2n) is 5.90. The van der Waals surface area contributed by atoms with E-state index in [0.717, 1.165) is 5.56 Å². The highest BCUT2D eigenvalue weighted by atomic mass is 35.5. The fraction of sp³-hybridized carbons (Fsp3) is 0.278. The van der Waals surface area contributed by atoms with Crippen molar-refractivity contribution in [2.24, 2.45) is 0 Å². The van der Waals surface area contributed by atoms with Crippen LogP contribution in [-0.4, -0.2) is 19.1 Å². The summed E-state index contributed by atoms with van der Waals surface area (Å²) < 4.78 is 11.6. The molecule has 0 atom stereocenters. The normalized spacial score (nSPS) is 18.7. The summed E-state index contributed by atoms with van der Waals surface area (Å²) in [4.78, 5) is 14.8. The molecule has 2 aromatic rings. The first-order valence-electron chi connectivity index (χ1n) is 7.86. The standard InChI is InChI=1S/C18H14Cl3NO3/c19-12-5-2-1-4-11(12)10-22-16-14(21)7-6-13(20)15(16)18(17(22)23)24-8-3-9-25-18/h1-2,4-7H,3,8-10H2. The van der Waals surface area contributed by atoms with Gasteiger partial charge in [-0.25, -0.2) is 0 Å². The zero-order valence-electron chi connectivity index (χ0n) is 13.1. The Balaban J connectivity index is 1.86. The minimum Gasteiger partial charge on any atom is -0.338 e. The third-order valence-electron chi connectivity index (χ3n) is 4.39. The Bertz CT molecular complexity index is 849. The molecule has 1 spiro atoms. The molecule has 7 heteroatoms. The third-order valence-corrected chi connectivity index (χ3v) is 5.38. The molecule has 1 fully saturated rings. The Hall–Kier alpha value is -1.30. The van der Waals surface area contributed by atoms with Gasteiger partial charge in [0.15, 0.2) is 0 Å². The van der Waals surface area contributed by atoms with Gasteiger partial charge in [0.1, 0.15) is 0 Å². The number of hydrogen-bond acceptors (Lipinski definition) is 3. The van der Waals surface area contributed by atoms with Gasteiger partial charge in [-0.05, 0) is 30.2 Å². The number of amides is 1. The number of nitrogens with zero attached hydrogens (tertiary/aromatic N) is 1. The molecule has 1 saturated heterocycles. The molecule has 130 valence electrons. The van der Waals surface area contributed by atoms with E-state index in [4.69, 9.17) is 44.3 Å². The molecule has 0 saturated carbocycles. The maximum absolute atomic E-state index is 13.3. The minimum absolute atomic E-state index is 0.250. The average Bonchev–Trinajstić information content (AvgIpc) is 2.85. The highest BCUT2D eigenvalue weighted by Gasteiger charge is 2.57. The van der Waals surface area contributed by atoms with Crippen molar-refractivity contribution in [2.45, 2.75) is 18.8 Å². The molecule has 25 heavy (non-hydrogen) atoms. The predicted molar refractivity (Wildman–Crippen MR) is 97.3 cm³/mol. The van der Waals surface area contributed by atoms with Crippen LogP contribution in [0.15, 0.2) is 36.4 Å². The smallest absolute Gasteiger partial charge is 0.292 e. The van der Waals surface area contributed by atoms with E-state index in [9.17, 15) is 4.79 Å². The van der Waals surface area contributed by atoms with Crippen LogP contribution in [0.25, 0.3) is 0 Å². The van der Waals surface area contributed by atoms with Crippen LogP contribution in [0, 0.1) is 0 Å². The van der Waals surface area contributed by atoms with Gasteiger partial charge in [0, 0.05) is 5.02 Å². The molecule has 1 amide bonds. The lowest BCUT2D eigenvalue weighted by molar-refractivity contribution is -0.256. The molecule has 4 nitrogen and oxygen atoms in total. The van der Waals surface area contributed by atoms with Crippen LogP contribution in [-0.2, 0) is 26.6 Å². The molecule has 0 N–H and O–H groups in total. The first kappa shape index (κ1) is 17.1. The van der Waals surface area contributed by atoms with Crippen molar-refractivity contribution in [1.82, 2.24) is 0 Å². The zero-order chi connectivity index (χ0) is 17.6. The van der Waals surface area contributed by atoms with E-state index in [1.165, 1.54) is 4.90 Å². The second kappa shape index (κ2) is 6.45. The number of anilines is 1. The number of carbonyl (C=O) groups excluding carboxylic acids is 1. The number of carbonyl (C=O) groups is 1. The molecule has 2 heterocycles. The second-order valence-corrected chi connectivity index (χ2v) is 7.12. The van der Waals surface area contributed by atoms with Crippen molar-refractivity contribution >= 4 is 46.4 Å². The van der Waals surface area contributed by atoms with E-state index < -0.39 is 5.79 Å². The Labute approximate surface area is 160 Å². The minimum atomic E-state index is -1.53. The molecular formula is C18H14Cl3NO3. The molecule has 0 bridgehead atoms. The lowest BCUT2D eigenvalue weighted by Gasteiger charge is -2.32. The van der Waals surface area contributed by atoms with Gasteiger partial charge in [-0.15, -0.1) is 0 Å². The van der Waals surface area contributed by atoms with Gasteiger partial charge in [-0.2, -0.15) is 0 Å². The molecule has 2 aromatic carbocycles. The van der Waals surface area contributed by atoms with Gasteiger partial charge in [0.25, 0.3) is 11.7 Å². The molecule has 2 aliphatic rings. The van der Waals surface area contributed by atoms with E-state index in [-0.39, 0.29) is 12.5 Å². The fourth-order valence-electron chi connectivity index (χ4n) is 3.25. The number of benzene rings is 2. The molecule has 0 unspecified atom stereocenters. The topological polar surface area (TPSA) is 38.8 Å². The van der Waals surface area contributed by atoms with Crippen molar-refractivity contribution in [1.29, 1.82) is 0 Å². The first-order valence-corrected chi connectivity index (χ1v) is 9.00. The van der Waals surface area contributed by atoms with E-state index >= 15 is 0 Å². The summed E-state index contributed by atoms with van der Waals surface area (Å²) in [6.07, 6.45) is 0.715. The summed E-state index contributed by atoms with van der Waals surface area (Å²) in [6, 6.07) is 10.7. The van der Waals surface area contributed by atoms with Crippen molar-refractivity contribution in [3.05, 3.63) is 62.6 Å². The molecule has 0 aromatic heterocycles. The van der Waals surface area contributed by atoms with Crippen LogP contribution >= 0.6 is 34.8 Å². The maximum atomic E-state index is 13.3. The van der Waals surface area contributed by atoms with Crippen LogP contribution in [0.2, 0.25) is 15.1 Å². The number of hydrogen-bond donors (Lipinski definition) is 0. The zero-order valence-corrected chi connectivity index (χ0v) is 15.4. The Kier molecular flexibility index (Phi) is 4.42. The lowest BCUT2D eigenvalue weighted by Crippen LogP contribution is -2.47. The van der Waals surface area contributed by atoms with Crippen LogP contribution in [0.5, 0.6) is 0 Å². The Morgan fingerprint density at radius 1 is 0.960 bits per heavy atom. The van der Waals surface area contributed by atoms with Crippen LogP contribution in [0.3, 0.4) is 0 Å². The molecule has 0 radical (unpaired) electrons. The monoisotopic (exact) mass is 397 g/mol. The molecule has 2 aliphatic heterocycles. The Morgan fingerprint density at radius 2 is 1.64 bits per heavy atom. The summed E-state index contributed by atoms with van der Waals surface area (Å²) in [7, 11) is 0. The van der Waals surface area contributed by atoms with Crippen molar-refractivity contribution in [3.8, 4) is 0 Å². The summed E-state index contributed by atoms with van der Waals surface area (Å²) in [6.45, 7) is 1.07. The molecule has 4 rings (SSSR count). The van der Waals surface area contributed by atoms with Gasteiger partial charge in [-0.1, -0.05) is 53.0 Å². The number of ether oxygens (including phenoxy) is 2. The van der Waals surface area contributed by atoms with Gasteiger partial charge >= 0.3 is 0 Å². The first-order chi connectivity index (χ1) is 12.0. The summed E-state index contributed by atoms with van der Waals surface area (Å²) in [5, 5.41) is 1.37. The van der Waals surface area contributed by atoms with Gasteiger partial charge in [0.05, 0.1) is 41.1 Å². The largest absolute Gasteiger partial charge is 0.338 e. The average molecular weight is 399 g/mol. The van der Waals surface area contributed by atoms with Crippen molar-refractivity contribution < 1.29 is 14.3 Å². The maximum Gasteiger partial charge on any atom is 0.292 e. The van der Waals surface area contributed by atoms with Crippen LogP contribution in [0.4, 0.5) is 5.69 Å². The Morgan fingerprint density at radius 3 is 2.36 bits per heavy atom. The van der Waals surface area contributed by atoms with Crippen LogP contribution < -0.4 is 4.90 Å². The van der Waals surface area contributed by atoms with Gasteiger partial charge in [0.2, 0.25) is 0 Å². The predicted octanol–water partition coefficient (Wildman–Crippen LogP) is 4.78. The summed E-state index contributed by atoms with van der Waals surface area (Å²) in [5.41, 5.74) is 1.78. The number of fused-ring (bicyclic) bond motifs is 2. The van der Waals surface area contributed by atoms with Crippen molar-refractivity contribution in [3.63, 3.8) is 0 Å². The highest BCUT2D eigenvalue weighted by Crippen LogP contribution is 2.51. The molecule has 0 aliphatic carbocycles. The third kappa shape index (κ3) is 2.64. The van der Waals surface area contributed by atoms with E-state index in [1.54, 1.807) is 18.2 Å². The fourth-order valence-corrected chi connectivity index (χ4v) is 3.98. The van der Waals surface area contributed by atoms with Gasteiger partial charge < -0.3 is 14.4 Å². The van der Waals surface area contributed by atoms with E-state index in [2.05, 4.69) is 0 Å². The number of rotatable bonds is 2. The number of halogens is 3. The van der Waals surface area contributed by atoms with Crippen molar-refractivity contribution in [2.75, 3.05) is 18.1 Å².